The van der Waals surface area contributed by atoms with E-state index in [0.717, 1.165) is 30.7 Å². The number of ether oxygens (including phenoxy) is 3. The molecule has 0 saturated carbocycles. The van der Waals surface area contributed by atoms with Crippen LogP contribution >= 0.6 is 0 Å². The Bertz CT molecular complexity index is 366. The van der Waals surface area contributed by atoms with Gasteiger partial charge in [0, 0.05) is 6.54 Å². The van der Waals surface area contributed by atoms with E-state index in [4.69, 9.17) is 14.2 Å². The lowest BCUT2D eigenvalue weighted by Crippen LogP contribution is -2.25. The van der Waals surface area contributed by atoms with Crippen LogP contribution in [-0.4, -0.2) is 39.5 Å². The average Bonchev–Trinajstić information content (AvgIpc) is 2.88. The summed E-state index contributed by atoms with van der Waals surface area (Å²) in [6.45, 7) is 2.22. The minimum atomic E-state index is 0.247. The number of nitrogens with one attached hydrogen (secondary N) is 1. The van der Waals surface area contributed by atoms with Crippen molar-refractivity contribution in [3.63, 3.8) is 0 Å². The van der Waals surface area contributed by atoms with E-state index in [1.165, 1.54) is 0 Å². The molecule has 1 aliphatic rings. The van der Waals surface area contributed by atoms with Crippen molar-refractivity contribution in [3.8, 4) is 5.75 Å². The monoisotopic (exact) mass is 265 g/mol. The Morgan fingerprint density at radius 2 is 1.95 bits per heavy atom. The van der Waals surface area contributed by atoms with Crippen molar-refractivity contribution in [1.82, 2.24) is 5.32 Å². The van der Waals surface area contributed by atoms with E-state index in [1.54, 1.807) is 7.11 Å². The van der Waals surface area contributed by atoms with Crippen LogP contribution < -0.4 is 10.1 Å². The number of hydrogen-bond acceptors (Lipinski definition) is 4. The molecule has 1 N–H and O–H groups in total. The lowest BCUT2D eigenvalue weighted by Gasteiger charge is -2.13. The number of rotatable bonds is 7. The minimum absolute atomic E-state index is 0.247. The fourth-order valence-corrected chi connectivity index (χ4v) is 2.31. The summed E-state index contributed by atoms with van der Waals surface area (Å²) in [7, 11) is 3.63. The topological polar surface area (TPSA) is 39.7 Å². The standard InChI is InChI=1S/C15H23NO3/c1-16-9-14-7-8-15(19-14)11-18-10-12-3-5-13(17-2)6-4-12/h3-6,14-16H,7-11H2,1-2H3. The van der Waals surface area contributed by atoms with E-state index >= 15 is 0 Å². The summed E-state index contributed by atoms with van der Waals surface area (Å²) in [6.07, 6.45) is 2.81. The van der Waals surface area contributed by atoms with Gasteiger partial charge in [-0.1, -0.05) is 12.1 Å². The van der Waals surface area contributed by atoms with Crippen molar-refractivity contribution in [2.75, 3.05) is 27.3 Å². The van der Waals surface area contributed by atoms with Crippen molar-refractivity contribution < 1.29 is 14.2 Å². The van der Waals surface area contributed by atoms with Gasteiger partial charge in [-0.15, -0.1) is 0 Å². The Balaban J connectivity index is 1.66. The van der Waals surface area contributed by atoms with Gasteiger partial charge in [0.2, 0.25) is 0 Å². The molecule has 1 fully saturated rings. The van der Waals surface area contributed by atoms with Gasteiger partial charge < -0.3 is 19.5 Å². The minimum Gasteiger partial charge on any atom is -0.497 e. The second kappa shape index (κ2) is 7.48. The average molecular weight is 265 g/mol. The highest BCUT2D eigenvalue weighted by Gasteiger charge is 2.24. The van der Waals surface area contributed by atoms with Crippen LogP contribution in [0.25, 0.3) is 0 Å². The zero-order valence-electron chi connectivity index (χ0n) is 11.7. The largest absolute Gasteiger partial charge is 0.497 e. The Morgan fingerprint density at radius 1 is 1.21 bits per heavy atom. The van der Waals surface area contributed by atoms with Gasteiger partial charge in [-0.3, -0.25) is 0 Å². The highest BCUT2D eigenvalue weighted by molar-refractivity contribution is 5.26. The summed E-state index contributed by atoms with van der Waals surface area (Å²) >= 11 is 0. The molecule has 0 aromatic heterocycles. The van der Waals surface area contributed by atoms with E-state index in [9.17, 15) is 0 Å². The first-order valence-electron chi connectivity index (χ1n) is 6.82. The molecule has 0 radical (unpaired) electrons. The van der Waals surface area contributed by atoms with Gasteiger partial charge in [-0.05, 0) is 37.6 Å². The van der Waals surface area contributed by atoms with Crippen molar-refractivity contribution in [2.45, 2.75) is 31.7 Å². The smallest absolute Gasteiger partial charge is 0.118 e. The predicted molar refractivity (Wildman–Crippen MR) is 74.5 cm³/mol. The number of hydrogen-bond donors (Lipinski definition) is 1. The van der Waals surface area contributed by atoms with Gasteiger partial charge in [0.15, 0.2) is 0 Å². The second-order valence-electron chi connectivity index (χ2n) is 4.88. The summed E-state index contributed by atoms with van der Waals surface area (Å²) in [4.78, 5) is 0. The molecule has 0 spiro atoms. The maximum absolute atomic E-state index is 5.87. The molecule has 1 aromatic rings. The van der Waals surface area contributed by atoms with Gasteiger partial charge in [-0.2, -0.15) is 0 Å². The van der Waals surface area contributed by atoms with Crippen LogP contribution in [0.15, 0.2) is 24.3 Å². The predicted octanol–water partition coefficient (Wildman–Crippen LogP) is 1.98. The third-order valence-electron chi connectivity index (χ3n) is 3.36. The summed E-state index contributed by atoms with van der Waals surface area (Å²) in [6, 6.07) is 7.96. The molecular formula is C15H23NO3. The lowest BCUT2D eigenvalue weighted by molar-refractivity contribution is -0.0185. The highest BCUT2D eigenvalue weighted by Crippen LogP contribution is 2.20. The van der Waals surface area contributed by atoms with Gasteiger partial charge in [0.05, 0.1) is 32.5 Å². The Morgan fingerprint density at radius 3 is 2.63 bits per heavy atom. The molecule has 2 rings (SSSR count). The van der Waals surface area contributed by atoms with E-state index < -0.39 is 0 Å². The molecule has 0 bridgehead atoms. The lowest BCUT2D eigenvalue weighted by atomic mass is 10.2. The van der Waals surface area contributed by atoms with E-state index in [0.29, 0.717) is 19.3 Å². The molecule has 1 saturated heterocycles. The third kappa shape index (κ3) is 4.49. The highest BCUT2D eigenvalue weighted by atomic mass is 16.5. The van der Waals surface area contributed by atoms with Gasteiger partial charge >= 0.3 is 0 Å². The van der Waals surface area contributed by atoms with Crippen LogP contribution in [0.1, 0.15) is 18.4 Å². The molecule has 4 nitrogen and oxygen atoms in total. The first kappa shape index (κ1) is 14.3. The Labute approximate surface area is 115 Å². The van der Waals surface area contributed by atoms with Crippen LogP contribution in [0.2, 0.25) is 0 Å². The number of likely N-dealkylation sites (N-methyl/N-ethyl adjacent to an activating group) is 1. The molecule has 1 heterocycles. The van der Waals surface area contributed by atoms with Gasteiger partial charge in [-0.25, -0.2) is 0 Å². The summed E-state index contributed by atoms with van der Waals surface area (Å²) < 4.78 is 16.7. The van der Waals surface area contributed by atoms with E-state index in [-0.39, 0.29) is 6.10 Å². The molecule has 4 heteroatoms. The fraction of sp³-hybridized carbons (Fsp3) is 0.600. The summed E-state index contributed by atoms with van der Waals surface area (Å²) in [5.74, 6) is 0.873. The van der Waals surface area contributed by atoms with Crippen molar-refractivity contribution in [2.24, 2.45) is 0 Å². The van der Waals surface area contributed by atoms with Crippen molar-refractivity contribution >= 4 is 0 Å². The molecule has 1 aromatic carbocycles. The summed E-state index contributed by atoms with van der Waals surface area (Å²) in [5, 5.41) is 3.15. The maximum Gasteiger partial charge on any atom is 0.118 e. The Hall–Kier alpha value is -1.10. The van der Waals surface area contributed by atoms with Crippen LogP contribution in [0.4, 0.5) is 0 Å². The number of methoxy groups -OCH3 is 1. The molecule has 106 valence electrons. The fourth-order valence-electron chi connectivity index (χ4n) is 2.31. The molecule has 1 aliphatic heterocycles. The SMILES string of the molecule is CNCC1CCC(COCc2ccc(OC)cc2)O1. The van der Waals surface area contributed by atoms with Crippen molar-refractivity contribution in [3.05, 3.63) is 29.8 Å². The normalized spacial score (nSPS) is 22.6. The van der Waals surface area contributed by atoms with Crippen molar-refractivity contribution in [1.29, 1.82) is 0 Å². The first-order chi connectivity index (χ1) is 9.31. The maximum atomic E-state index is 5.87. The zero-order chi connectivity index (χ0) is 13.5. The molecule has 0 amide bonds. The van der Waals surface area contributed by atoms with Gasteiger partial charge in [0.1, 0.15) is 5.75 Å². The molecule has 0 aliphatic carbocycles. The third-order valence-corrected chi connectivity index (χ3v) is 3.36. The summed E-state index contributed by atoms with van der Waals surface area (Å²) in [5.41, 5.74) is 1.16. The van der Waals surface area contributed by atoms with E-state index in [2.05, 4.69) is 5.32 Å². The first-order valence-corrected chi connectivity index (χ1v) is 6.82. The molecular weight excluding hydrogens is 242 g/mol. The Kier molecular flexibility index (Phi) is 5.63. The molecule has 2 unspecified atom stereocenters. The van der Waals surface area contributed by atoms with Crippen LogP contribution in [0.5, 0.6) is 5.75 Å². The van der Waals surface area contributed by atoms with E-state index in [1.807, 2.05) is 31.3 Å². The van der Waals surface area contributed by atoms with Crippen LogP contribution in [0.3, 0.4) is 0 Å². The number of benzene rings is 1. The second-order valence-corrected chi connectivity index (χ2v) is 4.88. The molecule has 2 atom stereocenters. The van der Waals surface area contributed by atoms with Gasteiger partial charge in [0.25, 0.3) is 0 Å². The van der Waals surface area contributed by atoms with Crippen LogP contribution in [-0.2, 0) is 16.1 Å². The van der Waals surface area contributed by atoms with Crippen LogP contribution in [0, 0.1) is 0 Å². The zero-order valence-corrected chi connectivity index (χ0v) is 11.7. The molecule has 19 heavy (non-hydrogen) atoms. The quantitative estimate of drug-likeness (QED) is 0.818.